The van der Waals surface area contributed by atoms with Gasteiger partial charge in [0, 0.05) is 12.2 Å². The summed E-state index contributed by atoms with van der Waals surface area (Å²) < 4.78 is 11.1. The third-order valence-corrected chi connectivity index (χ3v) is 3.25. The van der Waals surface area contributed by atoms with Crippen LogP contribution in [0.25, 0.3) is 0 Å². The number of aromatic amines is 1. The van der Waals surface area contributed by atoms with Gasteiger partial charge in [-0.15, -0.1) is 0 Å². The standard InChI is InChI=1S/C15H23N5O3/c1-15(2,3)23-14(21)20-6-7-22-12(8-20)10-4-5-11(19-10)13(17)18-9-16/h4-5,9,12,19H,6-8H2,1-3H3,(H3,16,17,18). The van der Waals surface area contributed by atoms with E-state index >= 15 is 0 Å². The van der Waals surface area contributed by atoms with E-state index in [-0.39, 0.29) is 18.0 Å². The Morgan fingerprint density at radius 2 is 2.30 bits per heavy atom. The zero-order valence-corrected chi connectivity index (χ0v) is 13.6. The molecule has 1 amide bonds. The third-order valence-electron chi connectivity index (χ3n) is 3.25. The average Bonchev–Trinajstić information content (AvgIpc) is 2.96. The Morgan fingerprint density at radius 3 is 2.96 bits per heavy atom. The first-order valence-electron chi connectivity index (χ1n) is 7.41. The summed E-state index contributed by atoms with van der Waals surface area (Å²) in [6.45, 7) is 6.84. The van der Waals surface area contributed by atoms with Crippen LogP contribution in [0.5, 0.6) is 0 Å². The predicted molar refractivity (Wildman–Crippen MR) is 86.8 cm³/mol. The van der Waals surface area contributed by atoms with E-state index < -0.39 is 5.60 Å². The molecule has 1 aliphatic rings. The summed E-state index contributed by atoms with van der Waals surface area (Å²) in [5.74, 6) is 0.228. The minimum atomic E-state index is -0.526. The van der Waals surface area contributed by atoms with Crippen molar-refractivity contribution in [3.05, 3.63) is 23.5 Å². The lowest BCUT2D eigenvalue weighted by Gasteiger charge is -2.33. The molecule has 1 aliphatic heterocycles. The van der Waals surface area contributed by atoms with E-state index in [4.69, 9.17) is 20.6 Å². The summed E-state index contributed by atoms with van der Waals surface area (Å²) in [6, 6.07) is 3.61. The van der Waals surface area contributed by atoms with Crippen LogP contribution in [0.3, 0.4) is 0 Å². The van der Waals surface area contributed by atoms with E-state index in [0.717, 1.165) is 12.0 Å². The molecule has 1 fully saturated rings. The van der Waals surface area contributed by atoms with Crippen LogP contribution >= 0.6 is 0 Å². The van der Waals surface area contributed by atoms with Crippen molar-refractivity contribution in [2.75, 3.05) is 19.7 Å². The van der Waals surface area contributed by atoms with Crippen molar-refractivity contribution < 1.29 is 14.3 Å². The average molecular weight is 321 g/mol. The number of nitrogens with zero attached hydrogens (tertiary/aromatic N) is 2. The molecule has 0 saturated carbocycles. The zero-order chi connectivity index (χ0) is 17.0. The van der Waals surface area contributed by atoms with E-state index in [1.54, 1.807) is 11.0 Å². The molecule has 0 aromatic carbocycles. The van der Waals surface area contributed by atoms with Crippen molar-refractivity contribution in [1.82, 2.24) is 9.88 Å². The van der Waals surface area contributed by atoms with Crippen LogP contribution in [-0.4, -0.2) is 53.4 Å². The van der Waals surface area contributed by atoms with Gasteiger partial charge in [-0.3, -0.25) is 5.41 Å². The predicted octanol–water partition coefficient (Wildman–Crippen LogP) is 1.64. The number of carbonyl (C=O) groups is 1. The Balaban J connectivity index is 2.05. The van der Waals surface area contributed by atoms with Crippen LogP contribution in [-0.2, 0) is 9.47 Å². The second-order valence-electron chi connectivity index (χ2n) is 6.26. The molecule has 0 bridgehead atoms. The molecular weight excluding hydrogens is 298 g/mol. The molecule has 1 saturated heterocycles. The maximum Gasteiger partial charge on any atom is 0.410 e. The van der Waals surface area contributed by atoms with Gasteiger partial charge in [0.05, 0.1) is 18.8 Å². The monoisotopic (exact) mass is 321 g/mol. The third kappa shape index (κ3) is 4.56. The summed E-state index contributed by atoms with van der Waals surface area (Å²) in [6.07, 6.45) is 0.261. The number of aromatic nitrogens is 1. The molecular formula is C15H23N5O3. The topological polar surface area (TPSA) is 117 Å². The SMILES string of the molecule is CC(C)(C)OC(=O)N1CCOC(c2ccc(C(N)=NC=N)[nH]2)C1. The summed E-state index contributed by atoms with van der Waals surface area (Å²) in [5, 5.41) is 6.94. The van der Waals surface area contributed by atoms with E-state index in [1.165, 1.54) is 0 Å². The maximum atomic E-state index is 12.2. The highest BCUT2D eigenvalue weighted by Crippen LogP contribution is 2.23. The van der Waals surface area contributed by atoms with Gasteiger partial charge in [-0.25, -0.2) is 9.79 Å². The fourth-order valence-corrected chi connectivity index (χ4v) is 2.22. The molecule has 0 aliphatic carbocycles. The molecule has 126 valence electrons. The number of carbonyl (C=O) groups excluding carboxylic acids is 1. The fraction of sp³-hybridized carbons (Fsp3) is 0.533. The van der Waals surface area contributed by atoms with E-state index in [2.05, 4.69) is 9.98 Å². The van der Waals surface area contributed by atoms with Gasteiger partial charge in [0.2, 0.25) is 0 Å². The van der Waals surface area contributed by atoms with Gasteiger partial charge >= 0.3 is 6.09 Å². The zero-order valence-electron chi connectivity index (χ0n) is 13.6. The number of amides is 1. The number of H-pyrrole nitrogens is 1. The van der Waals surface area contributed by atoms with Gasteiger partial charge in [-0.2, -0.15) is 0 Å². The number of aliphatic imine (C=N–C) groups is 1. The van der Waals surface area contributed by atoms with Crippen molar-refractivity contribution in [1.29, 1.82) is 5.41 Å². The lowest BCUT2D eigenvalue weighted by atomic mass is 10.2. The molecule has 1 unspecified atom stereocenters. The number of morpholine rings is 1. The first-order valence-corrected chi connectivity index (χ1v) is 7.41. The summed E-state index contributed by atoms with van der Waals surface area (Å²) >= 11 is 0. The van der Waals surface area contributed by atoms with Gasteiger partial charge < -0.3 is 25.1 Å². The van der Waals surface area contributed by atoms with Crippen LogP contribution in [0.4, 0.5) is 4.79 Å². The maximum absolute atomic E-state index is 12.2. The number of ether oxygens (including phenoxy) is 2. The van der Waals surface area contributed by atoms with Gasteiger partial charge in [0.15, 0.2) is 0 Å². The quantitative estimate of drug-likeness (QED) is 0.579. The Bertz CT molecular complexity index is 602. The van der Waals surface area contributed by atoms with Crippen LogP contribution in [0, 0.1) is 5.41 Å². The minimum absolute atomic E-state index is 0.228. The van der Waals surface area contributed by atoms with E-state index in [1.807, 2.05) is 26.8 Å². The van der Waals surface area contributed by atoms with Crippen molar-refractivity contribution >= 4 is 18.3 Å². The molecule has 8 heteroatoms. The normalized spacial score (nSPS) is 19.5. The molecule has 2 rings (SSSR count). The van der Waals surface area contributed by atoms with Crippen LogP contribution in [0.1, 0.15) is 38.3 Å². The first-order chi connectivity index (χ1) is 10.8. The summed E-state index contributed by atoms with van der Waals surface area (Å²) in [5.41, 5.74) is 6.62. The Labute approximate surface area is 135 Å². The Hall–Kier alpha value is -2.35. The molecule has 4 N–H and O–H groups in total. The highest BCUT2D eigenvalue weighted by Gasteiger charge is 2.29. The molecule has 2 heterocycles. The van der Waals surface area contributed by atoms with Gasteiger partial charge in [-0.1, -0.05) is 0 Å². The molecule has 1 atom stereocenters. The molecule has 8 nitrogen and oxygen atoms in total. The molecule has 1 aromatic rings. The van der Waals surface area contributed by atoms with E-state index in [9.17, 15) is 4.79 Å². The van der Waals surface area contributed by atoms with Gasteiger partial charge in [-0.05, 0) is 32.9 Å². The van der Waals surface area contributed by atoms with Crippen molar-refractivity contribution in [2.45, 2.75) is 32.5 Å². The minimum Gasteiger partial charge on any atom is -0.444 e. The van der Waals surface area contributed by atoms with Crippen LogP contribution < -0.4 is 5.73 Å². The Morgan fingerprint density at radius 1 is 1.57 bits per heavy atom. The van der Waals surface area contributed by atoms with Crippen molar-refractivity contribution in [3.8, 4) is 0 Å². The fourth-order valence-electron chi connectivity index (χ4n) is 2.22. The second kappa shape index (κ2) is 6.82. The van der Waals surface area contributed by atoms with E-state index in [0.29, 0.717) is 25.4 Å². The number of hydrogen-bond donors (Lipinski definition) is 3. The molecule has 1 aromatic heterocycles. The molecule has 0 spiro atoms. The number of hydrogen-bond acceptors (Lipinski definition) is 4. The van der Waals surface area contributed by atoms with Crippen LogP contribution in [0.2, 0.25) is 0 Å². The highest BCUT2D eigenvalue weighted by atomic mass is 16.6. The lowest BCUT2D eigenvalue weighted by molar-refractivity contribution is -0.0445. The number of rotatable bonds is 3. The van der Waals surface area contributed by atoms with Crippen LogP contribution in [0.15, 0.2) is 17.1 Å². The molecule has 23 heavy (non-hydrogen) atoms. The van der Waals surface area contributed by atoms with Gasteiger partial charge in [0.1, 0.15) is 23.9 Å². The number of nitrogens with two attached hydrogens (primary N) is 1. The largest absolute Gasteiger partial charge is 0.444 e. The number of amidine groups is 1. The smallest absolute Gasteiger partial charge is 0.410 e. The summed E-state index contributed by atoms with van der Waals surface area (Å²) in [7, 11) is 0. The first kappa shape index (κ1) is 17.0. The van der Waals surface area contributed by atoms with Crippen molar-refractivity contribution in [3.63, 3.8) is 0 Å². The van der Waals surface area contributed by atoms with Crippen molar-refractivity contribution in [2.24, 2.45) is 10.7 Å². The molecule has 0 radical (unpaired) electrons. The Kier molecular flexibility index (Phi) is 5.05. The highest BCUT2D eigenvalue weighted by molar-refractivity contribution is 5.99. The van der Waals surface area contributed by atoms with Gasteiger partial charge in [0.25, 0.3) is 0 Å². The number of nitrogens with one attached hydrogen (secondary N) is 2. The lowest BCUT2D eigenvalue weighted by Crippen LogP contribution is -2.44. The second-order valence-corrected chi connectivity index (χ2v) is 6.26. The summed E-state index contributed by atoms with van der Waals surface area (Å²) in [4.78, 5) is 20.6.